The zero-order chi connectivity index (χ0) is 29.2. The van der Waals surface area contributed by atoms with E-state index in [4.69, 9.17) is 11.6 Å². The number of nitrogens with one attached hydrogen (secondary N) is 3. The van der Waals surface area contributed by atoms with E-state index in [1.54, 1.807) is 79.1 Å². The molecule has 206 valence electrons. The number of carbonyl (C=O) groups excluding carboxylic acids is 3. The topological polar surface area (TPSA) is 137 Å². The Morgan fingerprint density at radius 1 is 0.878 bits per heavy atom. The van der Waals surface area contributed by atoms with Crippen molar-refractivity contribution >= 4 is 64.5 Å². The molecule has 41 heavy (non-hydrogen) atoms. The highest BCUT2D eigenvalue weighted by Crippen LogP contribution is 2.23. The van der Waals surface area contributed by atoms with Crippen LogP contribution in [-0.4, -0.2) is 39.5 Å². The van der Waals surface area contributed by atoms with Crippen molar-refractivity contribution in [2.75, 3.05) is 16.4 Å². The van der Waals surface area contributed by atoms with E-state index in [9.17, 15) is 24.3 Å². The van der Waals surface area contributed by atoms with E-state index in [-0.39, 0.29) is 27.9 Å². The molecule has 0 radical (unpaired) electrons. The summed E-state index contributed by atoms with van der Waals surface area (Å²) in [6.07, 6.45) is 4.71. The molecule has 0 bridgehead atoms. The molecule has 0 fully saturated rings. The van der Waals surface area contributed by atoms with Crippen molar-refractivity contribution in [2.45, 2.75) is 4.90 Å². The van der Waals surface area contributed by atoms with Crippen molar-refractivity contribution in [2.24, 2.45) is 0 Å². The van der Waals surface area contributed by atoms with Crippen LogP contribution in [0, 0.1) is 0 Å². The van der Waals surface area contributed by atoms with E-state index in [0.717, 1.165) is 4.90 Å². The second-order valence-electron chi connectivity index (χ2n) is 8.48. The highest BCUT2D eigenvalue weighted by Gasteiger charge is 2.16. The lowest BCUT2D eigenvalue weighted by Gasteiger charge is -2.12. The smallest absolute Gasteiger partial charge is 0.337 e. The Balaban J connectivity index is 1.37. The molecule has 4 rings (SSSR count). The number of hydrogen-bond donors (Lipinski definition) is 4. The van der Waals surface area contributed by atoms with Crippen LogP contribution in [0.4, 0.5) is 11.4 Å². The highest BCUT2D eigenvalue weighted by atomic mass is 35.5. The lowest BCUT2D eigenvalue weighted by Crippen LogP contribution is -2.30. The molecule has 1 heterocycles. The van der Waals surface area contributed by atoms with Crippen molar-refractivity contribution in [3.63, 3.8) is 0 Å². The molecule has 0 saturated heterocycles. The number of pyridine rings is 1. The number of rotatable bonds is 10. The van der Waals surface area contributed by atoms with E-state index in [1.165, 1.54) is 36.0 Å². The first kappa shape index (κ1) is 29.1. The fraction of sp³-hybridized carbons (Fsp3) is 0.0333. The minimum atomic E-state index is -1.19. The molecule has 4 aromatic rings. The summed E-state index contributed by atoms with van der Waals surface area (Å²) in [6, 6.07) is 23.1. The molecule has 0 aliphatic heterocycles. The number of halogens is 1. The summed E-state index contributed by atoms with van der Waals surface area (Å²) in [7, 11) is 0. The number of carboxylic acids is 1. The SMILES string of the molecule is O=C(CSc1ccc(NC(=O)/C(=C/c2cccnc2)NC(=O)c2ccccc2)cc1)Nc1ccc(Cl)c(C(=O)O)c1. The first-order valence-electron chi connectivity index (χ1n) is 12.1. The van der Waals surface area contributed by atoms with Crippen LogP contribution in [0.15, 0.2) is 108 Å². The van der Waals surface area contributed by atoms with E-state index < -0.39 is 17.8 Å². The van der Waals surface area contributed by atoms with Crippen LogP contribution in [0.25, 0.3) is 6.08 Å². The molecule has 1 aromatic heterocycles. The second kappa shape index (κ2) is 13.9. The molecule has 0 aliphatic rings. The van der Waals surface area contributed by atoms with E-state index in [0.29, 0.717) is 22.5 Å². The molecule has 0 atom stereocenters. The van der Waals surface area contributed by atoms with Crippen LogP contribution in [-0.2, 0) is 9.59 Å². The maximum absolute atomic E-state index is 13.1. The van der Waals surface area contributed by atoms with Gasteiger partial charge in [-0.15, -0.1) is 11.8 Å². The van der Waals surface area contributed by atoms with Gasteiger partial charge in [-0.1, -0.05) is 35.9 Å². The largest absolute Gasteiger partial charge is 0.478 e. The average molecular weight is 587 g/mol. The molecule has 11 heteroatoms. The number of aromatic nitrogens is 1. The quantitative estimate of drug-likeness (QED) is 0.141. The Bertz CT molecular complexity index is 1600. The predicted molar refractivity (Wildman–Crippen MR) is 159 cm³/mol. The number of amides is 3. The summed E-state index contributed by atoms with van der Waals surface area (Å²) in [5.41, 5.74) is 1.78. The molecule has 0 aliphatic carbocycles. The van der Waals surface area contributed by atoms with Gasteiger partial charge in [-0.2, -0.15) is 0 Å². The zero-order valence-electron chi connectivity index (χ0n) is 21.3. The molecule has 0 spiro atoms. The molecule has 3 amide bonds. The number of anilines is 2. The third-order valence-electron chi connectivity index (χ3n) is 5.49. The average Bonchev–Trinajstić information content (AvgIpc) is 2.98. The number of nitrogens with zero attached hydrogens (tertiary/aromatic N) is 1. The van der Waals surface area contributed by atoms with Crippen LogP contribution < -0.4 is 16.0 Å². The number of carboxylic acid groups (broad SMARTS) is 1. The summed E-state index contributed by atoms with van der Waals surface area (Å²) in [5.74, 6) is -2.41. The molecule has 3 aromatic carbocycles. The van der Waals surface area contributed by atoms with E-state index in [2.05, 4.69) is 20.9 Å². The van der Waals surface area contributed by atoms with Gasteiger partial charge in [-0.05, 0) is 72.3 Å². The van der Waals surface area contributed by atoms with Gasteiger partial charge in [-0.3, -0.25) is 19.4 Å². The Hall–Kier alpha value is -4.93. The van der Waals surface area contributed by atoms with Crippen LogP contribution in [0.1, 0.15) is 26.3 Å². The Kier molecular flexibility index (Phi) is 9.87. The number of benzene rings is 3. The predicted octanol–water partition coefficient (Wildman–Crippen LogP) is 5.57. The monoisotopic (exact) mass is 586 g/mol. The maximum atomic E-state index is 13.1. The zero-order valence-corrected chi connectivity index (χ0v) is 22.9. The van der Waals surface area contributed by atoms with Crippen molar-refractivity contribution in [3.8, 4) is 0 Å². The summed E-state index contributed by atoms with van der Waals surface area (Å²) in [6.45, 7) is 0. The summed E-state index contributed by atoms with van der Waals surface area (Å²) >= 11 is 7.13. The normalized spacial score (nSPS) is 10.9. The molecule has 0 saturated carbocycles. The summed E-state index contributed by atoms with van der Waals surface area (Å²) in [5, 5.41) is 17.4. The molecule has 9 nitrogen and oxygen atoms in total. The fourth-order valence-electron chi connectivity index (χ4n) is 3.52. The summed E-state index contributed by atoms with van der Waals surface area (Å²) in [4.78, 5) is 54.3. The van der Waals surface area contributed by atoms with Crippen molar-refractivity contribution in [1.29, 1.82) is 0 Å². The lowest BCUT2D eigenvalue weighted by atomic mass is 10.2. The second-order valence-corrected chi connectivity index (χ2v) is 9.94. The first-order chi connectivity index (χ1) is 19.8. The summed E-state index contributed by atoms with van der Waals surface area (Å²) < 4.78 is 0. The fourth-order valence-corrected chi connectivity index (χ4v) is 4.41. The van der Waals surface area contributed by atoms with Gasteiger partial charge in [0.15, 0.2) is 0 Å². The van der Waals surface area contributed by atoms with Crippen LogP contribution >= 0.6 is 23.4 Å². The third kappa shape index (κ3) is 8.53. The molecule has 0 unspecified atom stereocenters. The number of carbonyl (C=O) groups is 4. The van der Waals surface area contributed by atoms with E-state index in [1.807, 2.05) is 0 Å². The van der Waals surface area contributed by atoms with Gasteiger partial charge in [0.2, 0.25) is 5.91 Å². The van der Waals surface area contributed by atoms with Gasteiger partial charge in [0.1, 0.15) is 5.70 Å². The van der Waals surface area contributed by atoms with Gasteiger partial charge in [0.25, 0.3) is 11.8 Å². The first-order valence-corrected chi connectivity index (χ1v) is 13.5. The Labute approximate surface area is 244 Å². The van der Waals surface area contributed by atoms with Crippen molar-refractivity contribution < 1.29 is 24.3 Å². The van der Waals surface area contributed by atoms with Gasteiger partial charge in [0.05, 0.1) is 16.3 Å². The van der Waals surface area contributed by atoms with Crippen molar-refractivity contribution in [1.82, 2.24) is 10.3 Å². The van der Waals surface area contributed by atoms with Gasteiger partial charge in [-0.25, -0.2) is 4.79 Å². The minimum Gasteiger partial charge on any atom is -0.478 e. The van der Waals surface area contributed by atoms with Crippen LogP contribution in [0.3, 0.4) is 0 Å². The molecular formula is C30H23ClN4O5S. The highest BCUT2D eigenvalue weighted by molar-refractivity contribution is 8.00. The van der Waals surface area contributed by atoms with Crippen LogP contribution in [0.5, 0.6) is 0 Å². The third-order valence-corrected chi connectivity index (χ3v) is 6.83. The van der Waals surface area contributed by atoms with Gasteiger partial charge >= 0.3 is 5.97 Å². The standard InChI is InChI=1S/C30H23ClN4O5S/c31-25-13-10-22(16-24(25)30(39)40)33-27(36)18-41-23-11-8-21(9-12-23)34-29(38)26(15-19-5-4-14-32-17-19)35-28(37)20-6-2-1-3-7-20/h1-17H,18H2,(H,33,36)(H,34,38)(H,35,37)(H,39,40)/b26-15-. The van der Waals surface area contributed by atoms with Gasteiger partial charge in [0, 0.05) is 34.2 Å². The number of thioether (sulfide) groups is 1. The number of aromatic carboxylic acids is 1. The van der Waals surface area contributed by atoms with E-state index >= 15 is 0 Å². The molecule has 4 N–H and O–H groups in total. The Morgan fingerprint density at radius 2 is 1.61 bits per heavy atom. The van der Waals surface area contributed by atoms with Crippen LogP contribution in [0.2, 0.25) is 5.02 Å². The number of hydrogen-bond acceptors (Lipinski definition) is 6. The van der Waals surface area contributed by atoms with Crippen molar-refractivity contribution in [3.05, 3.63) is 125 Å². The van der Waals surface area contributed by atoms with Gasteiger partial charge < -0.3 is 21.1 Å². The minimum absolute atomic E-state index is 0.0373. The maximum Gasteiger partial charge on any atom is 0.337 e. The lowest BCUT2D eigenvalue weighted by molar-refractivity contribution is -0.114. The molecular weight excluding hydrogens is 564 g/mol. The Morgan fingerprint density at radius 3 is 2.29 bits per heavy atom.